The maximum absolute atomic E-state index is 9.57. The van der Waals surface area contributed by atoms with Crippen molar-refractivity contribution >= 4 is 17.4 Å². The molecular formula is C6H7N5O2. The molecule has 0 unspecified atom stereocenters. The van der Waals surface area contributed by atoms with Crippen molar-refractivity contribution in [3.8, 4) is 0 Å². The molecule has 1 aliphatic rings. The van der Waals surface area contributed by atoms with E-state index in [4.69, 9.17) is 5.21 Å². The van der Waals surface area contributed by atoms with Gasteiger partial charge < -0.3 is 10.3 Å². The highest BCUT2D eigenvalue weighted by Crippen LogP contribution is 2.19. The van der Waals surface area contributed by atoms with E-state index in [1.807, 2.05) is 0 Å². The van der Waals surface area contributed by atoms with Gasteiger partial charge in [0.1, 0.15) is 6.33 Å². The summed E-state index contributed by atoms with van der Waals surface area (Å²) in [5, 5.41) is 24.8. The van der Waals surface area contributed by atoms with Crippen molar-refractivity contribution in [2.75, 3.05) is 0 Å². The Morgan fingerprint density at radius 1 is 1.62 bits per heavy atom. The van der Waals surface area contributed by atoms with Gasteiger partial charge in [0.25, 0.3) is 5.95 Å². The van der Waals surface area contributed by atoms with Gasteiger partial charge in [-0.25, -0.2) is 4.99 Å². The summed E-state index contributed by atoms with van der Waals surface area (Å²) in [4.78, 5) is 7.76. The van der Waals surface area contributed by atoms with Crippen molar-refractivity contribution in [1.29, 1.82) is 0 Å². The lowest BCUT2D eigenvalue weighted by molar-refractivity contribution is 0.156. The number of aliphatic hydroxyl groups is 1. The Labute approximate surface area is 73.0 Å². The summed E-state index contributed by atoms with van der Waals surface area (Å²) in [6.07, 6.45) is 0.162. The zero-order valence-corrected chi connectivity index (χ0v) is 6.79. The van der Waals surface area contributed by atoms with Crippen LogP contribution in [0.2, 0.25) is 0 Å². The first-order chi connectivity index (χ1) is 6.24. The van der Waals surface area contributed by atoms with E-state index in [1.165, 1.54) is 11.0 Å². The normalized spacial score (nSPS) is 24.3. The van der Waals surface area contributed by atoms with Crippen LogP contribution in [0.25, 0.3) is 0 Å². The van der Waals surface area contributed by atoms with E-state index in [0.717, 1.165) is 0 Å². The van der Waals surface area contributed by atoms with Crippen LogP contribution in [0.3, 0.4) is 0 Å². The quantitative estimate of drug-likeness (QED) is 0.424. The van der Waals surface area contributed by atoms with Gasteiger partial charge in [-0.1, -0.05) is 5.16 Å². The van der Waals surface area contributed by atoms with E-state index in [-0.39, 0.29) is 5.71 Å². The van der Waals surface area contributed by atoms with Crippen molar-refractivity contribution in [2.45, 2.75) is 13.2 Å². The molecule has 0 saturated carbocycles. The van der Waals surface area contributed by atoms with Crippen molar-refractivity contribution in [1.82, 2.24) is 14.8 Å². The lowest BCUT2D eigenvalue weighted by Crippen LogP contribution is -2.29. The first-order valence-corrected chi connectivity index (χ1v) is 3.59. The fraction of sp³-hybridized carbons (Fsp3) is 0.333. The Morgan fingerprint density at radius 2 is 2.38 bits per heavy atom. The average Bonchev–Trinajstić information content (AvgIpc) is 2.53. The molecule has 0 saturated heterocycles. The minimum absolute atomic E-state index is 0.0815. The Balaban J connectivity index is 2.58. The number of aromatic nitrogens is 3. The molecule has 0 aromatic carbocycles. The maximum atomic E-state index is 9.57. The second-order valence-electron chi connectivity index (χ2n) is 2.56. The monoisotopic (exact) mass is 181 g/mol. The van der Waals surface area contributed by atoms with Gasteiger partial charge >= 0.3 is 0 Å². The minimum Gasteiger partial charge on any atom is -0.410 e. The molecule has 0 spiro atoms. The number of rotatable bonds is 0. The summed E-state index contributed by atoms with van der Waals surface area (Å²) in [6.45, 7) is 1.62. The summed E-state index contributed by atoms with van der Waals surface area (Å²) in [5.41, 5.74) is 0.508. The second kappa shape index (κ2) is 2.63. The molecule has 7 nitrogen and oxygen atoms in total. The number of hydrogen-bond acceptors (Lipinski definition) is 6. The van der Waals surface area contributed by atoms with E-state index < -0.39 is 6.23 Å². The Kier molecular flexibility index (Phi) is 1.59. The van der Waals surface area contributed by atoms with Crippen molar-refractivity contribution in [3.63, 3.8) is 0 Å². The predicted octanol–water partition coefficient (Wildman–Crippen LogP) is -0.295. The number of aliphatic hydroxyl groups excluding tert-OH is 1. The summed E-state index contributed by atoms with van der Waals surface area (Å²) in [5.74, 6) is 0.303. The molecule has 13 heavy (non-hydrogen) atoms. The molecule has 0 fully saturated rings. The van der Waals surface area contributed by atoms with Gasteiger partial charge in [-0.05, 0) is 6.92 Å². The van der Waals surface area contributed by atoms with Gasteiger partial charge in [0.2, 0.25) is 0 Å². The van der Waals surface area contributed by atoms with E-state index in [0.29, 0.717) is 11.7 Å². The van der Waals surface area contributed by atoms with Crippen LogP contribution in [-0.2, 0) is 0 Å². The van der Waals surface area contributed by atoms with Crippen molar-refractivity contribution in [2.24, 2.45) is 10.1 Å². The van der Waals surface area contributed by atoms with Crippen LogP contribution in [0, 0.1) is 0 Å². The number of oxime groups is 1. The average molecular weight is 181 g/mol. The molecule has 1 aliphatic heterocycles. The molecule has 2 heterocycles. The first kappa shape index (κ1) is 7.87. The highest BCUT2D eigenvalue weighted by molar-refractivity contribution is 6.43. The third-order valence-corrected chi connectivity index (χ3v) is 1.78. The molecule has 0 bridgehead atoms. The van der Waals surface area contributed by atoms with Gasteiger partial charge in [-0.15, -0.1) is 0 Å². The van der Waals surface area contributed by atoms with Crippen LogP contribution in [0.1, 0.15) is 13.2 Å². The first-order valence-electron chi connectivity index (χ1n) is 3.59. The minimum atomic E-state index is -1.11. The summed E-state index contributed by atoms with van der Waals surface area (Å²) in [6, 6.07) is 0. The van der Waals surface area contributed by atoms with Gasteiger partial charge in [0.15, 0.2) is 11.9 Å². The van der Waals surface area contributed by atoms with Crippen molar-refractivity contribution < 1.29 is 10.3 Å². The third-order valence-electron chi connectivity index (χ3n) is 1.78. The van der Waals surface area contributed by atoms with E-state index in [9.17, 15) is 5.11 Å². The van der Waals surface area contributed by atoms with Gasteiger partial charge in [0.05, 0.1) is 5.71 Å². The summed E-state index contributed by atoms with van der Waals surface area (Å²) >= 11 is 0. The highest BCUT2D eigenvalue weighted by Gasteiger charge is 2.26. The van der Waals surface area contributed by atoms with Crippen LogP contribution >= 0.6 is 0 Å². The molecule has 2 N–H and O–H groups in total. The molecule has 1 aromatic heterocycles. The molecule has 1 aromatic rings. The number of hydrogen-bond donors (Lipinski definition) is 2. The molecule has 68 valence electrons. The standard InChI is InChI=1S/C6H7N5O2/c1-3-4(10-13)5(12)11-6(9-3)7-2-8-11/h2,5,12-13H,1H3/b10-4+/t5-/m0/s1. The fourth-order valence-electron chi connectivity index (χ4n) is 1.13. The van der Waals surface area contributed by atoms with Gasteiger partial charge in [-0.3, -0.25) is 0 Å². The topological polar surface area (TPSA) is 95.9 Å². The molecule has 0 aliphatic carbocycles. The third kappa shape index (κ3) is 1.01. The van der Waals surface area contributed by atoms with E-state index in [1.54, 1.807) is 6.92 Å². The predicted molar refractivity (Wildman–Crippen MR) is 43.3 cm³/mol. The summed E-state index contributed by atoms with van der Waals surface area (Å²) < 4.78 is 1.17. The molecule has 2 rings (SSSR count). The Morgan fingerprint density at radius 3 is 3.08 bits per heavy atom. The molecular weight excluding hydrogens is 174 g/mol. The Hall–Kier alpha value is -1.76. The molecule has 0 radical (unpaired) electrons. The zero-order chi connectivity index (χ0) is 9.42. The zero-order valence-electron chi connectivity index (χ0n) is 6.79. The van der Waals surface area contributed by atoms with Crippen LogP contribution in [0.5, 0.6) is 0 Å². The van der Waals surface area contributed by atoms with E-state index in [2.05, 4.69) is 20.2 Å². The molecule has 1 atom stereocenters. The number of fused-ring (bicyclic) bond motifs is 1. The van der Waals surface area contributed by atoms with Crippen LogP contribution in [-0.4, -0.2) is 36.5 Å². The van der Waals surface area contributed by atoms with E-state index >= 15 is 0 Å². The largest absolute Gasteiger partial charge is 0.410 e. The molecule has 7 heteroatoms. The van der Waals surface area contributed by atoms with Crippen LogP contribution in [0.4, 0.5) is 5.95 Å². The Bertz CT molecular complexity index is 393. The van der Waals surface area contributed by atoms with Gasteiger partial charge in [0, 0.05) is 0 Å². The smallest absolute Gasteiger partial charge is 0.250 e. The summed E-state index contributed by atoms with van der Waals surface area (Å²) in [7, 11) is 0. The lowest BCUT2D eigenvalue weighted by Gasteiger charge is -2.17. The van der Waals surface area contributed by atoms with Crippen LogP contribution in [0.15, 0.2) is 16.5 Å². The van der Waals surface area contributed by atoms with Gasteiger partial charge in [-0.2, -0.15) is 14.8 Å². The van der Waals surface area contributed by atoms with Crippen LogP contribution < -0.4 is 0 Å². The molecule has 0 amide bonds. The SMILES string of the molecule is CC1=Nc2ncnn2[C@@H](O)/C1=N/O. The number of nitrogens with zero attached hydrogens (tertiary/aromatic N) is 5. The van der Waals surface area contributed by atoms with Crippen molar-refractivity contribution in [3.05, 3.63) is 6.33 Å². The number of aliphatic imine (C=N–C) groups is 1. The lowest BCUT2D eigenvalue weighted by atomic mass is 10.2. The highest BCUT2D eigenvalue weighted by atomic mass is 16.4. The maximum Gasteiger partial charge on any atom is 0.250 e. The second-order valence-corrected chi connectivity index (χ2v) is 2.56. The fourth-order valence-corrected chi connectivity index (χ4v) is 1.13.